The van der Waals surface area contributed by atoms with Crippen LogP contribution >= 0.6 is 15.9 Å². The molecule has 1 aliphatic carbocycles. The van der Waals surface area contributed by atoms with Gasteiger partial charge in [-0.05, 0) is 40.9 Å². The molecule has 18 heavy (non-hydrogen) atoms. The summed E-state index contributed by atoms with van der Waals surface area (Å²) in [6, 6.07) is 2.73. The zero-order valence-corrected chi connectivity index (χ0v) is 10.9. The molecule has 3 rings (SSSR count). The number of rotatable bonds is 3. The van der Waals surface area contributed by atoms with Gasteiger partial charge in [0.1, 0.15) is 11.6 Å². The van der Waals surface area contributed by atoms with E-state index in [2.05, 4.69) is 21.1 Å². The number of aromatic nitrogens is 1. The number of halogens is 2. The number of nitrogen functional groups attached to an aromatic ring is 1. The van der Waals surface area contributed by atoms with Crippen LogP contribution in [-0.4, -0.2) is 11.3 Å². The van der Waals surface area contributed by atoms with E-state index in [0.717, 1.165) is 12.8 Å². The van der Waals surface area contributed by atoms with E-state index in [-0.39, 0.29) is 17.8 Å². The fraction of sp³-hybridized carbons (Fsp3) is 0.250. The van der Waals surface area contributed by atoms with Crippen LogP contribution in [0.2, 0.25) is 0 Å². The van der Waals surface area contributed by atoms with E-state index in [0.29, 0.717) is 21.3 Å². The highest BCUT2D eigenvalue weighted by atomic mass is 79.9. The number of benzene rings is 1. The molecule has 1 aromatic carbocycles. The Morgan fingerprint density at radius 1 is 1.39 bits per heavy atom. The maximum absolute atomic E-state index is 13.5. The minimum absolute atomic E-state index is 0.146. The second-order valence-corrected chi connectivity index (χ2v) is 5.04. The van der Waals surface area contributed by atoms with Crippen LogP contribution in [0.4, 0.5) is 10.3 Å². The Bertz CT molecular complexity index is 596. The van der Waals surface area contributed by atoms with E-state index < -0.39 is 0 Å². The van der Waals surface area contributed by atoms with Gasteiger partial charge in [-0.1, -0.05) is 5.16 Å². The summed E-state index contributed by atoms with van der Waals surface area (Å²) in [5.41, 5.74) is 6.75. The summed E-state index contributed by atoms with van der Waals surface area (Å²) in [7, 11) is 0. The number of ether oxygens (including phenoxy) is 1. The van der Waals surface area contributed by atoms with Crippen LogP contribution in [0.15, 0.2) is 27.3 Å². The first-order valence-corrected chi connectivity index (χ1v) is 6.30. The molecule has 0 unspecified atom stereocenters. The summed E-state index contributed by atoms with van der Waals surface area (Å²) >= 11 is 3.31. The summed E-state index contributed by atoms with van der Waals surface area (Å²) in [5, 5.41) is 3.60. The van der Waals surface area contributed by atoms with Gasteiger partial charge in [0, 0.05) is 5.56 Å². The van der Waals surface area contributed by atoms with Gasteiger partial charge >= 0.3 is 0 Å². The van der Waals surface area contributed by atoms with E-state index in [1.807, 2.05) is 0 Å². The molecule has 0 bridgehead atoms. The molecular weight excluding hydrogens is 303 g/mol. The topological polar surface area (TPSA) is 61.3 Å². The van der Waals surface area contributed by atoms with Gasteiger partial charge in [-0.25, -0.2) is 4.39 Å². The van der Waals surface area contributed by atoms with Crippen molar-refractivity contribution in [2.24, 2.45) is 0 Å². The largest absolute Gasteiger partial charge is 0.489 e. The molecule has 2 aromatic rings. The lowest BCUT2D eigenvalue weighted by Crippen LogP contribution is -2.00. The van der Waals surface area contributed by atoms with Crippen molar-refractivity contribution < 1.29 is 13.7 Å². The van der Waals surface area contributed by atoms with Gasteiger partial charge < -0.3 is 15.0 Å². The Hall–Kier alpha value is -1.56. The van der Waals surface area contributed by atoms with Gasteiger partial charge in [-0.2, -0.15) is 0 Å². The first kappa shape index (κ1) is 11.5. The maximum Gasteiger partial charge on any atom is 0.230 e. The van der Waals surface area contributed by atoms with Gasteiger partial charge in [-0.3, -0.25) is 0 Å². The smallest absolute Gasteiger partial charge is 0.230 e. The molecule has 4 nitrogen and oxygen atoms in total. The van der Waals surface area contributed by atoms with Crippen molar-refractivity contribution in [3.8, 4) is 16.9 Å². The highest BCUT2D eigenvalue weighted by Crippen LogP contribution is 2.42. The van der Waals surface area contributed by atoms with Crippen molar-refractivity contribution >= 4 is 21.8 Å². The van der Waals surface area contributed by atoms with Crippen LogP contribution < -0.4 is 10.5 Å². The normalized spacial score (nSPS) is 14.8. The molecule has 0 amide bonds. The minimum Gasteiger partial charge on any atom is -0.489 e. The number of hydrogen-bond donors (Lipinski definition) is 1. The molecule has 1 heterocycles. The third-order valence-corrected chi connectivity index (χ3v) is 3.29. The van der Waals surface area contributed by atoms with Gasteiger partial charge in [0.2, 0.25) is 5.88 Å². The highest BCUT2D eigenvalue weighted by Gasteiger charge is 2.27. The molecule has 0 spiro atoms. The quantitative estimate of drug-likeness (QED) is 0.944. The molecule has 1 saturated carbocycles. The fourth-order valence-electron chi connectivity index (χ4n) is 1.68. The molecule has 0 aliphatic heterocycles. The molecule has 0 atom stereocenters. The second kappa shape index (κ2) is 4.28. The van der Waals surface area contributed by atoms with Crippen molar-refractivity contribution in [2.75, 3.05) is 5.73 Å². The van der Waals surface area contributed by atoms with Crippen molar-refractivity contribution in [2.45, 2.75) is 18.9 Å². The molecule has 2 N–H and O–H groups in total. The average molecular weight is 313 g/mol. The maximum atomic E-state index is 13.5. The van der Waals surface area contributed by atoms with Crippen LogP contribution in [-0.2, 0) is 0 Å². The van der Waals surface area contributed by atoms with Gasteiger partial charge in [0.15, 0.2) is 0 Å². The molecule has 1 aliphatic rings. The van der Waals surface area contributed by atoms with Crippen molar-refractivity contribution in [1.29, 1.82) is 0 Å². The third kappa shape index (κ3) is 2.08. The molecule has 1 fully saturated rings. The van der Waals surface area contributed by atoms with E-state index in [9.17, 15) is 4.39 Å². The Balaban J connectivity index is 2.13. The van der Waals surface area contributed by atoms with Gasteiger partial charge in [0.25, 0.3) is 0 Å². The van der Waals surface area contributed by atoms with Gasteiger partial charge in [0.05, 0.1) is 22.3 Å². The lowest BCUT2D eigenvalue weighted by Gasteiger charge is -2.12. The standard InChI is InChI=1S/C12H10BrFN2O2/c13-10-4-6(14)3-8(9-5-16-18-12(9)15)11(10)17-7-1-2-7/h3-5,7H,1-2,15H2. The van der Waals surface area contributed by atoms with Crippen LogP contribution in [0.25, 0.3) is 11.1 Å². The Kier molecular flexibility index (Phi) is 2.74. The van der Waals surface area contributed by atoms with E-state index >= 15 is 0 Å². The predicted octanol–water partition coefficient (Wildman–Crippen LogP) is 3.37. The summed E-state index contributed by atoms with van der Waals surface area (Å²) in [6.45, 7) is 0. The number of nitrogens with zero attached hydrogens (tertiary/aromatic N) is 1. The summed E-state index contributed by atoms with van der Waals surface area (Å²) in [4.78, 5) is 0. The Morgan fingerprint density at radius 2 is 2.17 bits per heavy atom. The number of nitrogens with two attached hydrogens (primary N) is 1. The van der Waals surface area contributed by atoms with Crippen LogP contribution in [0, 0.1) is 5.82 Å². The molecule has 0 radical (unpaired) electrons. The van der Waals surface area contributed by atoms with E-state index in [4.69, 9.17) is 15.0 Å². The predicted molar refractivity (Wildman–Crippen MR) is 67.7 cm³/mol. The monoisotopic (exact) mass is 312 g/mol. The van der Waals surface area contributed by atoms with Gasteiger partial charge in [-0.15, -0.1) is 0 Å². The second-order valence-electron chi connectivity index (χ2n) is 4.19. The lowest BCUT2D eigenvalue weighted by molar-refractivity contribution is 0.302. The lowest BCUT2D eigenvalue weighted by atomic mass is 10.1. The molecular formula is C12H10BrFN2O2. The fourth-order valence-corrected chi connectivity index (χ4v) is 2.21. The average Bonchev–Trinajstić information content (AvgIpc) is 3.03. The number of hydrogen-bond acceptors (Lipinski definition) is 4. The molecule has 0 saturated heterocycles. The summed E-state index contributed by atoms with van der Waals surface area (Å²) in [6.07, 6.45) is 3.69. The Morgan fingerprint density at radius 3 is 2.78 bits per heavy atom. The summed E-state index contributed by atoms with van der Waals surface area (Å²) < 4.78 is 24.7. The third-order valence-electron chi connectivity index (χ3n) is 2.71. The van der Waals surface area contributed by atoms with Crippen LogP contribution in [0.1, 0.15) is 12.8 Å². The van der Waals surface area contributed by atoms with Crippen molar-refractivity contribution in [1.82, 2.24) is 5.16 Å². The van der Waals surface area contributed by atoms with Crippen molar-refractivity contribution in [3.63, 3.8) is 0 Å². The van der Waals surface area contributed by atoms with Crippen LogP contribution in [0.5, 0.6) is 5.75 Å². The van der Waals surface area contributed by atoms with E-state index in [1.165, 1.54) is 18.3 Å². The molecule has 94 valence electrons. The molecule has 6 heteroatoms. The van der Waals surface area contributed by atoms with Crippen molar-refractivity contribution in [3.05, 3.63) is 28.6 Å². The summed E-state index contributed by atoms with van der Waals surface area (Å²) in [5.74, 6) is 0.350. The highest BCUT2D eigenvalue weighted by molar-refractivity contribution is 9.10. The van der Waals surface area contributed by atoms with E-state index in [1.54, 1.807) is 0 Å². The zero-order chi connectivity index (χ0) is 12.7. The first-order valence-electron chi connectivity index (χ1n) is 5.51. The molecule has 1 aromatic heterocycles. The SMILES string of the molecule is Nc1oncc1-c1cc(F)cc(Br)c1OC1CC1. The zero-order valence-electron chi connectivity index (χ0n) is 9.32. The number of anilines is 1. The minimum atomic E-state index is -0.374. The Labute approximate surface area is 111 Å². The first-order chi connectivity index (χ1) is 8.65. The van der Waals surface area contributed by atoms with Crippen LogP contribution in [0.3, 0.4) is 0 Å².